The second kappa shape index (κ2) is 7.01. The third-order valence-electron chi connectivity index (χ3n) is 1.46. The number of amides is 2. The van der Waals surface area contributed by atoms with Crippen molar-refractivity contribution in [1.29, 1.82) is 0 Å². The molecule has 0 bridgehead atoms. The van der Waals surface area contributed by atoms with Crippen molar-refractivity contribution >= 4 is 35.1 Å². The largest absolute Gasteiger partial charge is 0.481 e. The molecule has 0 saturated heterocycles. The molecule has 0 aliphatic rings. The molecule has 1 aromatic heterocycles. The van der Waals surface area contributed by atoms with Gasteiger partial charge in [-0.3, -0.25) is 19.2 Å². The Morgan fingerprint density at radius 2 is 1.56 bits per heavy atom. The number of carboxylic acids is 2. The van der Waals surface area contributed by atoms with Crippen LogP contribution >= 0.6 is 11.3 Å². The Morgan fingerprint density at radius 1 is 1.06 bits per heavy atom. The van der Waals surface area contributed by atoms with Gasteiger partial charge in [-0.05, 0) is 11.4 Å². The molecule has 0 radical (unpaired) electrons. The van der Waals surface area contributed by atoms with Crippen molar-refractivity contribution in [2.75, 3.05) is 0 Å². The molecule has 0 aliphatic carbocycles. The third kappa shape index (κ3) is 5.61. The normalized spacial score (nSPS) is 8.89. The standard InChI is InChI=1S/C6H6N2O2S.C3H4O4/c7-5(9)3-1-2-11-4(3)6(8)10;4-2(5)1-3(6)7/h1-2H,(H2,7,9)(H2,8,10);1H2,(H,4,5)(H,6,7). The molecule has 6 N–H and O–H groups in total. The first-order chi connectivity index (χ1) is 8.25. The van der Waals surface area contributed by atoms with Crippen LogP contribution in [0.15, 0.2) is 11.4 Å². The fourth-order valence-corrected chi connectivity index (χ4v) is 1.58. The summed E-state index contributed by atoms with van der Waals surface area (Å²) in [6.45, 7) is 0. The molecule has 0 aromatic carbocycles. The highest BCUT2D eigenvalue weighted by Crippen LogP contribution is 2.14. The van der Waals surface area contributed by atoms with Gasteiger partial charge in [-0.2, -0.15) is 0 Å². The number of aliphatic carboxylic acids is 2. The molecule has 0 saturated carbocycles. The second-order valence-corrected chi connectivity index (χ2v) is 3.77. The lowest BCUT2D eigenvalue weighted by Crippen LogP contribution is -2.17. The van der Waals surface area contributed by atoms with E-state index in [-0.39, 0.29) is 10.4 Å². The molecule has 8 nitrogen and oxygen atoms in total. The quantitative estimate of drug-likeness (QED) is 0.540. The Morgan fingerprint density at radius 3 is 1.78 bits per heavy atom. The predicted octanol–water partition coefficient (Wildman–Crippen LogP) is -0.508. The highest BCUT2D eigenvalue weighted by atomic mass is 32.1. The minimum atomic E-state index is -1.31. The number of thiophene rings is 1. The van der Waals surface area contributed by atoms with Gasteiger partial charge in [-0.1, -0.05) is 0 Å². The van der Waals surface area contributed by atoms with Crippen LogP contribution in [0.25, 0.3) is 0 Å². The maximum atomic E-state index is 10.6. The van der Waals surface area contributed by atoms with Crippen molar-refractivity contribution in [3.05, 3.63) is 21.9 Å². The summed E-state index contributed by atoms with van der Waals surface area (Å²) in [6, 6.07) is 1.48. The zero-order chi connectivity index (χ0) is 14.3. The fraction of sp³-hybridized carbons (Fsp3) is 0.111. The Labute approximate surface area is 105 Å². The van der Waals surface area contributed by atoms with Crippen LogP contribution in [0.3, 0.4) is 0 Å². The molecule has 9 heteroatoms. The van der Waals surface area contributed by atoms with Gasteiger partial charge in [0, 0.05) is 0 Å². The van der Waals surface area contributed by atoms with Gasteiger partial charge >= 0.3 is 11.9 Å². The van der Waals surface area contributed by atoms with Gasteiger partial charge in [-0.15, -0.1) is 11.3 Å². The summed E-state index contributed by atoms with van der Waals surface area (Å²) in [5.41, 5.74) is 10.1. The molecule has 0 fully saturated rings. The number of rotatable bonds is 4. The molecule has 18 heavy (non-hydrogen) atoms. The highest BCUT2D eigenvalue weighted by Gasteiger charge is 2.13. The molecule has 1 rings (SSSR count). The van der Waals surface area contributed by atoms with Crippen molar-refractivity contribution in [1.82, 2.24) is 0 Å². The van der Waals surface area contributed by atoms with Crippen LogP contribution in [0.4, 0.5) is 0 Å². The van der Waals surface area contributed by atoms with E-state index in [0.29, 0.717) is 0 Å². The van der Waals surface area contributed by atoms with Crippen molar-refractivity contribution in [3.63, 3.8) is 0 Å². The number of carboxylic acid groups (broad SMARTS) is 2. The number of carbonyl (C=O) groups excluding carboxylic acids is 2. The van der Waals surface area contributed by atoms with Gasteiger partial charge in [-0.25, -0.2) is 0 Å². The molecule has 98 valence electrons. The van der Waals surface area contributed by atoms with Gasteiger partial charge in [0.2, 0.25) is 5.91 Å². The summed E-state index contributed by atoms with van der Waals surface area (Å²) < 4.78 is 0. The third-order valence-corrected chi connectivity index (χ3v) is 2.39. The van der Waals surface area contributed by atoms with E-state index in [4.69, 9.17) is 21.7 Å². The van der Waals surface area contributed by atoms with Crippen LogP contribution in [0.2, 0.25) is 0 Å². The van der Waals surface area contributed by atoms with E-state index >= 15 is 0 Å². The molecule has 2 amide bonds. The van der Waals surface area contributed by atoms with E-state index in [1.54, 1.807) is 5.38 Å². The van der Waals surface area contributed by atoms with Crippen molar-refractivity contribution < 1.29 is 29.4 Å². The Hall–Kier alpha value is -2.42. The lowest BCUT2D eigenvalue weighted by molar-refractivity contribution is -0.147. The number of nitrogens with two attached hydrogens (primary N) is 2. The van der Waals surface area contributed by atoms with Crippen molar-refractivity contribution in [3.8, 4) is 0 Å². The lowest BCUT2D eigenvalue weighted by atomic mass is 10.2. The number of primary amides is 2. The minimum Gasteiger partial charge on any atom is -0.481 e. The van der Waals surface area contributed by atoms with Crippen molar-refractivity contribution in [2.24, 2.45) is 11.5 Å². The van der Waals surface area contributed by atoms with E-state index in [1.165, 1.54) is 6.07 Å². The molecule has 0 unspecified atom stereocenters. The van der Waals surface area contributed by atoms with Gasteiger partial charge < -0.3 is 21.7 Å². The van der Waals surface area contributed by atoms with Gasteiger partial charge in [0.25, 0.3) is 5.91 Å². The highest BCUT2D eigenvalue weighted by molar-refractivity contribution is 7.12. The lowest BCUT2D eigenvalue weighted by Gasteiger charge is -1.92. The van der Waals surface area contributed by atoms with E-state index < -0.39 is 30.2 Å². The monoisotopic (exact) mass is 274 g/mol. The molecule has 0 spiro atoms. The smallest absolute Gasteiger partial charge is 0.314 e. The van der Waals surface area contributed by atoms with E-state index in [1.807, 2.05) is 0 Å². The van der Waals surface area contributed by atoms with Crippen LogP contribution in [0.5, 0.6) is 0 Å². The van der Waals surface area contributed by atoms with Gasteiger partial charge in [0.05, 0.1) is 5.56 Å². The molecule has 1 heterocycles. The second-order valence-electron chi connectivity index (χ2n) is 2.86. The van der Waals surface area contributed by atoms with Gasteiger partial charge in [0.15, 0.2) is 0 Å². The van der Waals surface area contributed by atoms with Crippen LogP contribution in [-0.2, 0) is 9.59 Å². The summed E-state index contributed by atoms with van der Waals surface area (Å²) in [6.07, 6.45) is -0.806. The number of carbonyl (C=O) groups is 4. The average Bonchev–Trinajstić information content (AvgIpc) is 2.63. The van der Waals surface area contributed by atoms with E-state index in [9.17, 15) is 19.2 Å². The SMILES string of the molecule is NC(=O)c1ccsc1C(N)=O.O=C(O)CC(=O)O. The first-order valence-corrected chi connectivity index (χ1v) is 5.24. The van der Waals surface area contributed by atoms with Crippen LogP contribution in [0.1, 0.15) is 26.5 Å². The Balaban J connectivity index is 0.000000360. The number of hydrogen-bond acceptors (Lipinski definition) is 5. The molecule has 1 aromatic rings. The fourth-order valence-electron chi connectivity index (χ4n) is 0.823. The maximum absolute atomic E-state index is 10.6. The molecule has 0 aliphatic heterocycles. The summed E-state index contributed by atoms with van der Waals surface area (Å²) in [5.74, 6) is -3.87. The van der Waals surface area contributed by atoms with E-state index in [0.717, 1.165) is 11.3 Å². The topological polar surface area (TPSA) is 161 Å². The first-order valence-electron chi connectivity index (χ1n) is 4.36. The zero-order valence-corrected chi connectivity index (χ0v) is 9.77. The predicted molar refractivity (Wildman–Crippen MR) is 61.2 cm³/mol. The van der Waals surface area contributed by atoms with E-state index in [2.05, 4.69) is 0 Å². The van der Waals surface area contributed by atoms with Crippen LogP contribution in [-0.4, -0.2) is 34.0 Å². The summed E-state index contributed by atoms with van der Waals surface area (Å²) >= 11 is 1.11. The molecule has 0 atom stereocenters. The van der Waals surface area contributed by atoms with Gasteiger partial charge in [0.1, 0.15) is 11.3 Å². The van der Waals surface area contributed by atoms with Crippen LogP contribution < -0.4 is 11.5 Å². The minimum absolute atomic E-state index is 0.197. The summed E-state index contributed by atoms with van der Waals surface area (Å²) in [4.78, 5) is 40.3. The van der Waals surface area contributed by atoms with Crippen molar-refractivity contribution in [2.45, 2.75) is 6.42 Å². The first kappa shape index (κ1) is 15.6. The maximum Gasteiger partial charge on any atom is 0.314 e. The molecular formula is C9H10N2O6S. The summed E-state index contributed by atoms with van der Waals surface area (Å²) in [5, 5.41) is 17.0. The Kier molecular flexibility index (Phi) is 6.07. The number of hydrogen-bond donors (Lipinski definition) is 4. The van der Waals surface area contributed by atoms with Crippen LogP contribution in [0, 0.1) is 0 Å². The Bertz CT molecular complexity index is 441. The summed E-state index contributed by atoms with van der Waals surface area (Å²) in [7, 11) is 0. The average molecular weight is 274 g/mol. The molecular weight excluding hydrogens is 264 g/mol. The zero-order valence-electron chi connectivity index (χ0n) is 8.95.